The number of alkyl halides is 1. The number of benzene rings is 2. The molecule has 0 bridgehead atoms. The van der Waals surface area contributed by atoms with E-state index in [1.165, 1.54) is 23.4 Å². The van der Waals surface area contributed by atoms with E-state index in [4.69, 9.17) is 27.9 Å². The highest BCUT2D eigenvalue weighted by atomic mass is 35.5. The molecule has 1 saturated carbocycles. The normalized spacial score (nSPS) is 23.3. The van der Waals surface area contributed by atoms with Crippen molar-refractivity contribution in [1.82, 2.24) is 19.8 Å². The van der Waals surface area contributed by atoms with Gasteiger partial charge in [0.25, 0.3) is 5.91 Å². The molecule has 2 atom stereocenters. The predicted molar refractivity (Wildman–Crippen MR) is 164 cm³/mol. The van der Waals surface area contributed by atoms with E-state index in [-0.39, 0.29) is 54.9 Å². The molecule has 12 heteroatoms. The number of aliphatic hydroxyl groups is 1. The summed E-state index contributed by atoms with van der Waals surface area (Å²) in [6, 6.07) is 11.3. The maximum absolute atomic E-state index is 16.8. The largest absolute Gasteiger partial charge is 0.382 e. The SMILES string of the molecule is CCC(O)(c1cc(F)c2c(c1)C(=O)N(Cc1ncc(Cl)cn1)[C@@]2(OCC1(C#N)CC1)c1ccc(Cl)cc1)C1(F)CCN(C)CC1. The van der Waals surface area contributed by atoms with E-state index in [1.54, 1.807) is 31.2 Å². The molecule has 2 aliphatic heterocycles. The van der Waals surface area contributed by atoms with E-state index in [1.807, 2.05) is 11.9 Å². The van der Waals surface area contributed by atoms with Gasteiger partial charge in [0, 0.05) is 36.1 Å². The Morgan fingerprint density at radius 2 is 1.73 bits per heavy atom. The monoisotopic (exact) mass is 655 g/mol. The van der Waals surface area contributed by atoms with Crippen LogP contribution >= 0.6 is 23.2 Å². The zero-order valence-electron chi connectivity index (χ0n) is 25.0. The number of rotatable bonds is 9. The lowest BCUT2D eigenvalue weighted by Gasteiger charge is -2.46. The van der Waals surface area contributed by atoms with Crippen molar-refractivity contribution < 1.29 is 23.4 Å². The number of carbonyl (C=O) groups excluding carboxylic acids is 1. The molecule has 1 N–H and O–H groups in total. The standard InChI is InChI=1S/C33H33Cl2F2N5O3/c1-3-32(44,31(37)10-12-41(2)13-11-31)22-14-25-28(26(36)15-22)33(21-4-6-23(34)7-5-21,45-20-30(19-38)8-9-30)42(29(25)43)18-27-39-16-24(35)17-40-27/h4-7,14-17,44H,3,8-13,18,20H2,1-2H3/t32?,33-/m1/s1. The summed E-state index contributed by atoms with van der Waals surface area (Å²) in [5, 5.41) is 22.5. The zero-order valence-corrected chi connectivity index (χ0v) is 26.5. The van der Waals surface area contributed by atoms with Gasteiger partial charge in [-0.05, 0) is 69.0 Å². The summed E-state index contributed by atoms with van der Waals surface area (Å²) in [5.41, 5.74) is -6.55. The van der Waals surface area contributed by atoms with Crippen LogP contribution in [0.5, 0.6) is 0 Å². The fourth-order valence-electron chi connectivity index (χ4n) is 6.58. The molecule has 1 unspecified atom stereocenters. The van der Waals surface area contributed by atoms with Gasteiger partial charge in [-0.25, -0.2) is 18.7 Å². The molecule has 3 aromatic rings. The van der Waals surface area contributed by atoms with Crippen molar-refractivity contribution >= 4 is 29.1 Å². The molecular weight excluding hydrogens is 623 g/mol. The molecule has 0 spiro atoms. The molecule has 3 heterocycles. The van der Waals surface area contributed by atoms with Gasteiger partial charge in [-0.15, -0.1) is 0 Å². The van der Waals surface area contributed by atoms with E-state index in [0.717, 1.165) is 6.07 Å². The number of carbonyl (C=O) groups is 1. The Bertz CT molecular complexity index is 1660. The topological polar surface area (TPSA) is 103 Å². The van der Waals surface area contributed by atoms with Gasteiger partial charge in [0.2, 0.25) is 0 Å². The molecule has 8 nitrogen and oxygen atoms in total. The summed E-state index contributed by atoms with van der Waals surface area (Å²) >= 11 is 12.3. The number of hydrogen-bond donors (Lipinski definition) is 1. The number of aromatic nitrogens is 2. The molecule has 1 saturated heterocycles. The molecule has 0 radical (unpaired) electrons. The number of halogens is 4. The van der Waals surface area contributed by atoms with Crippen LogP contribution in [-0.2, 0) is 22.6 Å². The van der Waals surface area contributed by atoms with Crippen LogP contribution in [0, 0.1) is 22.6 Å². The Hall–Kier alpha value is -3.20. The van der Waals surface area contributed by atoms with Crippen LogP contribution in [0.3, 0.4) is 0 Å². The van der Waals surface area contributed by atoms with Gasteiger partial charge in [0.1, 0.15) is 22.9 Å². The molecule has 1 aromatic heterocycles. The van der Waals surface area contributed by atoms with Crippen molar-refractivity contribution in [3.8, 4) is 6.07 Å². The first-order chi connectivity index (χ1) is 21.4. The minimum absolute atomic E-state index is 0.0214. The second kappa shape index (κ2) is 11.6. The maximum atomic E-state index is 16.8. The van der Waals surface area contributed by atoms with Crippen molar-refractivity contribution in [2.45, 2.75) is 62.6 Å². The Morgan fingerprint density at radius 1 is 1.09 bits per heavy atom. The molecular formula is C33H33Cl2F2N5O3. The van der Waals surface area contributed by atoms with Gasteiger partial charge >= 0.3 is 0 Å². The number of nitriles is 1. The third kappa shape index (κ3) is 5.29. The van der Waals surface area contributed by atoms with Crippen molar-refractivity contribution in [3.63, 3.8) is 0 Å². The third-order valence-corrected chi connectivity index (χ3v) is 10.1. The van der Waals surface area contributed by atoms with E-state index < -0.39 is 34.1 Å². The predicted octanol–water partition coefficient (Wildman–Crippen LogP) is 6.13. The quantitative estimate of drug-likeness (QED) is 0.296. The Balaban J connectivity index is 1.55. The lowest BCUT2D eigenvalue weighted by molar-refractivity contribution is -0.136. The van der Waals surface area contributed by atoms with Crippen LogP contribution in [0.1, 0.15) is 71.9 Å². The van der Waals surface area contributed by atoms with E-state index in [9.17, 15) is 15.2 Å². The first-order valence-corrected chi connectivity index (χ1v) is 15.7. The number of piperidine rings is 1. The van der Waals surface area contributed by atoms with E-state index in [0.29, 0.717) is 41.5 Å². The smallest absolute Gasteiger partial charge is 0.257 e. The lowest BCUT2D eigenvalue weighted by atomic mass is 9.71. The molecule has 6 rings (SSSR count). The van der Waals surface area contributed by atoms with Crippen LogP contribution in [0.4, 0.5) is 8.78 Å². The van der Waals surface area contributed by atoms with Crippen molar-refractivity contribution in [1.29, 1.82) is 5.26 Å². The first kappa shape index (κ1) is 31.8. The Labute approximate surface area is 270 Å². The summed E-state index contributed by atoms with van der Waals surface area (Å²) in [5.74, 6) is -1.27. The van der Waals surface area contributed by atoms with Gasteiger partial charge < -0.3 is 14.7 Å². The average Bonchev–Trinajstić information content (AvgIpc) is 3.79. The van der Waals surface area contributed by atoms with Crippen molar-refractivity contribution in [3.05, 3.63) is 92.7 Å². The van der Waals surface area contributed by atoms with Crippen LogP contribution in [0.2, 0.25) is 10.0 Å². The number of ether oxygens (including phenoxy) is 1. The van der Waals surface area contributed by atoms with Crippen molar-refractivity contribution in [2.75, 3.05) is 26.7 Å². The second-order valence-electron chi connectivity index (χ2n) is 12.4. The molecule has 2 aromatic carbocycles. The van der Waals surface area contributed by atoms with Crippen LogP contribution in [0.25, 0.3) is 0 Å². The molecule has 1 aliphatic carbocycles. The second-order valence-corrected chi connectivity index (χ2v) is 13.3. The molecule has 236 valence electrons. The number of hydrogen-bond acceptors (Lipinski definition) is 7. The Kier molecular flexibility index (Phi) is 8.15. The summed E-state index contributed by atoms with van der Waals surface area (Å²) in [4.78, 5) is 26.3. The number of nitrogens with zero attached hydrogens (tertiary/aromatic N) is 5. The van der Waals surface area contributed by atoms with E-state index >= 15 is 8.78 Å². The minimum Gasteiger partial charge on any atom is -0.382 e. The highest BCUT2D eigenvalue weighted by molar-refractivity contribution is 6.30. The Morgan fingerprint density at radius 3 is 2.31 bits per heavy atom. The molecule has 1 amide bonds. The van der Waals surface area contributed by atoms with Gasteiger partial charge in [-0.2, -0.15) is 5.26 Å². The van der Waals surface area contributed by atoms with E-state index in [2.05, 4.69) is 16.0 Å². The lowest BCUT2D eigenvalue weighted by Crippen LogP contribution is -2.54. The summed E-state index contributed by atoms with van der Waals surface area (Å²) in [6.07, 6.45) is 4.04. The van der Waals surface area contributed by atoms with Crippen LogP contribution in [0.15, 0.2) is 48.8 Å². The highest BCUT2D eigenvalue weighted by Crippen LogP contribution is 2.53. The van der Waals surface area contributed by atoms with Gasteiger partial charge in [0.15, 0.2) is 5.72 Å². The van der Waals surface area contributed by atoms with Crippen LogP contribution < -0.4 is 0 Å². The molecule has 2 fully saturated rings. The molecule has 3 aliphatic rings. The van der Waals surface area contributed by atoms with Gasteiger partial charge in [-0.1, -0.05) is 42.3 Å². The number of fused-ring (bicyclic) bond motifs is 1. The summed E-state index contributed by atoms with van der Waals surface area (Å²) < 4.78 is 40.1. The number of amides is 1. The van der Waals surface area contributed by atoms with Gasteiger partial charge in [0.05, 0.1) is 40.8 Å². The summed E-state index contributed by atoms with van der Waals surface area (Å²) in [7, 11) is 1.88. The maximum Gasteiger partial charge on any atom is 0.257 e. The molecule has 45 heavy (non-hydrogen) atoms. The first-order valence-electron chi connectivity index (χ1n) is 14.9. The fourth-order valence-corrected chi connectivity index (χ4v) is 6.81. The average molecular weight is 657 g/mol. The minimum atomic E-state index is -2.06. The zero-order chi connectivity index (χ0) is 32.2. The van der Waals surface area contributed by atoms with Crippen molar-refractivity contribution in [2.24, 2.45) is 5.41 Å². The van der Waals surface area contributed by atoms with Crippen LogP contribution in [-0.4, -0.2) is 63.2 Å². The number of likely N-dealkylation sites (tertiary alicyclic amines) is 1. The highest BCUT2D eigenvalue weighted by Gasteiger charge is 2.58. The third-order valence-electron chi connectivity index (χ3n) is 9.65. The van der Waals surface area contributed by atoms with Gasteiger partial charge in [-0.3, -0.25) is 9.69 Å². The fraction of sp³-hybridized carbons (Fsp3) is 0.455. The summed E-state index contributed by atoms with van der Waals surface area (Å²) in [6.45, 7) is 2.20.